The number of allylic oxidation sites excluding steroid dienone is 1. The van der Waals surface area contributed by atoms with Crippen molar-refractivity contribution in [2.45, 2.75) is 72.3 Å². The quantitative estimate of drug-likeness (QED) is 0.781. The van der Waals surface area contributed by atoms with Gasteiger partial charge < -0.3 is 5.11 Å². The van der Waals surface area contributed by atoms with E-state index in [0.717, 1.165) is 19.3 Å². The molecule has 2 rings (SSSR count). The molecule has 0 radical (unpaired) electrons. The summed E-state index contributed by atoms with van der Waals surface area (Å²) in [5, 5.41) is 10.0. The van der Waals surface area contributed by atoms with Crippen LogP contribution in [0.15, 0.2) is 12.2 Å². The van der Waals surface area contributed by atoms with E-state index in [2.05, 4.69) is 32.9 Å². The number of hydrogen-bond donors (Lipinski definition) is 1. The summed E-state index contributed by atoms with van der Waals surface area (Å²) in [6.07, 6.45) is 9.76. The summed E-state index contributed by atoms with van der Waals surface area (Å²) in [6, 6.07) is 0. The Balaban J connectivity index is 2.08. The first-order valence-corrected chi connectivity index (χ1v) is 8.59. The van der Waals surface area contributed by atoms with E-state index >= 15 is 0 Å². The summed E-state index contributed by atoms with van der Waals surface area (Å²) in [5.41, 5.74) is -0.462. The van der Waals surface area contributed by atoms with Gasteiger partial charge in [0.15, 0.2) is 0 Å². The maximum atomic E-state index is 12.2. The Morgan fingerprint density at radius 3 is 2.57 bits per heavy atom. The van der Waals surface area contributed by atoms with Crippen molar-refractivity contribution in [1.82, 2.24) is 0 Å². The maximum Gasteiger partial charge on any atom is 0.136 e. The molecule has 1 N–H and O–H groups in total. The third-order valence-corrected chi connectivity index (χ3v) is 6.39. The zero-order valence-electron chi connectivity index (χ0n) is 14.4. The number of rotatable bonds is 4. The molecule has 2 fully saturated rings. The van der Waals surface area contributed by atoms with Gasteiger partial charge in [-0.15, -0.1) is 0 Å². The highest BCUT2D eigenvalue weighted by atomic mass is 16.3. The van der Waals surface area contributed by atoms with Gasteiger partial charge in [-0.2, -0.15) is 0 Å². The van der Waals surface area contributed by atoms with Crippen LogP contribution < -0.4 is 0 Å². The van der Waals surface area contributed by atoms with Gasteiger partial charge in [-0.05, 0) is 56.8 Å². The number of carbonyl (C=O) groups excluding carboxylic acids is 1. The smallest absolute Gasteiger partial charge is 0.136 e. The molecule has 0 saturated heterocycles. The number of fused-ring (bicyclic) bond motifs is 1. The highest BCUT2D eigenvalue weighted by Crippen LogP contribution is 2.56. The van der Waals surface area contributed by atoms with Crippen LogP contribution in [0.25, 0.3) is 0 Å². The van der Waals surface area contributed by atoms with E-state index in [4.69, 9.17) is 0 Å². The molecule has 0 aromatic heterocycles. The minimum absolute atomic E-state index is 0.151. The highest BCUT2D eigenvalue weighted by Gasteiger charge is 2.51. The number of Topliss-reactive ketones (excluding diaryl/α,β-unsaturated/α-hetero) is 1. The third kappa shape index (κ3) is 3.26. The lowest BCUT2D eigenvalue weighted by atomic mass is 9.62. The van der Waals surface area contributed by atoms with Gasteiger partial charge in [0.1, 0.15) is 5.78 Å². The number of carbonyl (C=O) groups is 1. The fraction of sp³-hybridized carbons (Fsp3) is 0.842. The Morgan fingerprint density at radius 1 is 1.29 bits per heavy atom. The highest BCUT2D eigenvalue weighted by molar-refractivity contribution is 5.83. The molecule has 0 aromatic carbocycles. The predicted molar refractivity (Wildman–Crippen MR) is 86.9 cm³/mol. The van der Waals surface area contributed by atoms with E-state index in [1.165, 1.54) is 12.8 Å². The summed E-state index contributed by atoms with van der Waals surface area (Å²) in [4.78, 5) is 12.2. The van der Waals surface area contributed by atoms with E-state index < -0.39 is 5.60 Å². The van der Waals surface area contributed by atoms with Gasteiger partial charge in [-0.25, -0.2) is 0 Å². The van der Waals surface area contributed by atoms with Crippen molar-refractivity contribution in [3.63, 3.8) is 0 Å². The van der Waals surface area contributed by atoms with Crippen molar-refractivity contribution in [1.29, 1.82) is 0 Å². The van der Waals surface area contributed by atoms with Crippen LogP contribution in [0.2, 0.25) is 0 Å². The van der Waals surface area contributed by atoms with Crippen molar-refractivity contribution in [3.8, 4) is 0 Å². The van der Waals surface area contributed by atoms with E-state index in [9.17, 15) is 9.90 Å². The third-order valence-electron chi connectivity index (χ3n) is 6.39. The first-order chi connectivity index (χ1) is 9.66. The van der Waals surface area contributed by atoms with Crippen LogP contribution in [0, 0.1) is 29.1 Å². The summed E-state index contributed by atoms with van der Waals surface area (Å²) in [7, 11) is 0. The Kier molecular flexibility index (Phi) is 4.68. The molecule has 5 unspecified atom stereocenters. The van der Waals surface area contributed by atoms with Gasteiger partial charge in [0.2, 0.25) is 0 Å². The average molecular weight is 292 g/mol. The minimum Gasteiger partial charge on any atom is -0.390 e. The molecule has 2 nitrogen and oxygen atoms in total. The summed E-state index contributed by atoms with van der Waals surface area (Å²) >= 11 is 0. The van der Waals surface area contributed by atoms with Crippen LogP contribution in [0.5, 0.6) is 0 Å². The van der Waals surface area contributed by atoms with Crippen LogP contribution in [0.3, 0.4) is 0 Å². The van der Waals surface area contributed by atoms with Crippen molar-refractivity contribution in [2.75, 3.05) is 0 Å². The van der Waals surface area contributed by atoms with E-state index in [0.29, 0.717) is 23.5 Å². The Labute approximate surface area is 130 Å². The van der Waals surface area contributed by atoms with E-state index in [1.807, 2.05) is 13.8 Å². The SMILES string of the molecule is CC(C=CC(C)C(C)(C)O)C1CCC2C(=O)CCCC21C. The Hall–Kier alpha value is -0.630. The van der Waals surface area contributed by atoms with Gasteiger partial charge in [-0.1, -0.05) is 32.9 Å². The van der Waals surface area contributed by atoms with Gasteiger partial charge in [0.05, 0.1) is 5.60 Å². The second kappa shape index (κ2) is 5.87. The minimum atomic E-state index is -0.668. The maximum absolute atomic E-state index is 12.2. The number of ketones is 1. The molecule has 120 valence electrons. The van der Waals surface area contributed by atoms with Crippen molar-refractivity contribution in [3.05, 3.63) is 12.2 Å². The van der Waals surface area contributed by atoms with Crippen LogP contribution in [0.1, 0.15) is 66.7 Å². The molecule has 0 bridgehead atoms. The molecule has 0 amide bonds. The molecule has 0 heterocycles. The Morgan fingerprint density at radius 2 is 1.95 bits per heavy atom. The molecule has 2 saturated carbocycles. The summed E-state index contributed by atoms with van der Waals surface area (Å²) in [5.74, 6) is 2.05. The zero-order valence-corrected chi connectivity index (χ0v) is 14.4. The van der Waals surface area contributed by atoms with Gasteiger partial charge in [0.25, 0.3) is 0 Å². The molecule has 21 heavy (non-hydrogen) atoms. The molecule has 2 aliphatic carbocycles. The largest absolute Gasteiger partial charge is 0.390 e. The lowest BCUT2D eigenvalue weighted by Gasteiger charge is -2.41. The standard InChI is InChI=1S/C19H32O2/c1-13(8-9-14(2)18(3,4)21)15-10-11-16-17(20)7-6-12-19(15,16)5/h8-9,13-16,21H,6-7,10-12H2,1-5H3. The lowest BCUT2D eigenvalue weighted by Crippen LogP contribution is -2.39. The molecule has 2 aliphatic rings. The fourth-order valence-corrected chi connectivity index (χ4v) is 4.55. The van der Waals surface area contributed by atoms with Gasteiger partial charge in [0, 0.05) is 18.3 Å². The lowest BCUT2D eigenvalue weighted by molar-refractivity contribution is -0.129. The molecular formula is C19H32O2. The Bertz CT molecular complexity index is 418. The van der Waals surface area contributed by atoms with Gasteiger partial charge >= 0.3 is 0 Å². The summed E-state index contributed by atoms with van der Waals surface area (Å²) < 4.78 is 0. The van der Waals surface area contributed by atoms with Gasteiger partial charge in [-0.3, -0.25) is 4.79 Å². The van der Waals surface area contributed by atoms with E-state index in [1.54, 1.807) is 0 Å². The second-order valence-corrected chi connectivity index (χ2v) is 8.25. The van der Waals surface area contributed by atoms with Crippen molar-refractivity contribution >= 4 is 5.78 Å². The molecule has 2 heteroatoms. The molecule has 0 aliphatic heterocycles. The average Bonchev–Trinajstić information content (AvgIpc) is 2.73. The van der Waals surface area contributed by atoms with Crippen LogP contribution in [0.4, 0.5) is 0 Å². The molecule has 5 atom stereocenters. The predicted octanol–water partition coefficient (Wildman–Crippen LogP) is 4.37. The number of hydrogen-bond acceptors (Lipinski definition) is 2. The fourth-order valence-electron chi connectivity index (χ4n) is 4.55. The monoisotopic (exact) mass is 292 g/mol. The molecule has 0 spiro atoms. The van der Waals surface area contributed by atoms with E-state index in [-0.39, 0.29) is 11.3 Å². The van der Waals surface area contributed by atoms with Crippen LogP contribution >= 0.6 is 0 Å². The van der Waals surface area contributed by atoms with Crippen LogP contribution in [-0.2, 0) is 4.79 Å². The first kappa shape index (κ1) is 16.7. The van der Waals surface area contributed by atoms with Crippen molar-refractivity contribution < 1.29 is 9.90 Å². The van der Waals surface area contributed by atoms with Crippen LogP contribution in [-0.4, -0.2) is 16.5 Å². The topological polar surface area (TPSA) is 37.3 Å². The summed E-state index contributed by atoms with van der Waals surface area (Å²) in [6.45, 7) is 10.4. The molecular weight excluding hydrogens is 260 g/mol. The normalized spacial score (nSPS) is 36.8. The first-order valence-electron chi connectivity index (χ1n) is 8.59. The zero-order chi connectivity index (χ0) is 15.8. The number of aliphatic hydroxyl groups is 1. The molecule has 0 aromatic rings. The van der Waals surface area contributed by atoms with Crippen molar-refractivity contribution in [2.24, 2.45) is 29.1 Å². The second-order valence-electron chi connectivity index (χ2n) is 8.25.